The van der Waals surface area contributed by atoms with Crippen LogP contribution in [0.15, 0.2) is 0 Å². The van der Waals surface area contributed by atoms with E-state index in [4.69, 9.17) is 15.6 Å². The van der Waals surface area contributed by atoms with Gasteiger partial charge in [0.2, 0.25) is 0 Å². The Hall–Kier alpha value is -0.740. The van der Waals surface area contributed by atoms with Gasteiger partial charge in [-0.3, -0.25) is 4.79 Å². The van der Waals surface area contributed by atoms with E-state index in [1.54, 1.807) is 0 Å². The number of rotatable bonds is 5. The van der Waals surface area contributed by atoms with Crippen LogP contribution in [0.1, 0.15) is 0 Å². The Morgan fingerprint density at radius 1 is 1.50 bits per heavy atom. The Kier molecular flexibility index (Phi) is 4.62. The molecule has 16 heavy (non-hydrogen) atoms. The van der Waals surface area contributed by atoms with Gasteiger partial charge in [0.25, 0.3) is 10.2 Å². The summed E-state index contributed by atoms with van der Waals surface area (Å²) in [4.78, 5) is 10.4. The second-order valence-electron chi connectivity index (χ2n) is 3.31. The molecule has 0 spiro atoms. The summed E-state index contributed by atoms with van der Waals surface area (Å²) in [5, 5.41) is 8.50. The maximum atomic E-state index is 11.6. The van der Waals surface area contributed by atoms with E-state index in [0.29, 0.717) is 13.2 Å². The molecule has 0 aromatic heterocycles. The molecule has 4 N–H and O–H groups in total. The quantitative estimate of drug-likeness (QED) is 0.500. The largest absolute Gasteiger partial charge is 0.480 e. The number of hydrogen-bond donors (Lipinski definition) is 3. The van der Waals surface area contributed by atoms with E-state index < -0.39 is 22.2 Å². The van der Waals surface area contributed by atoms with Crippen LogP contribution in [0.3, 0.4) is 0 Å². The molecule has 1 aliphatic heterocycles. The molecular weight excluding hydrogens is 238 g/mol. The second-order valence-corrected chi connectivity index (χ2v) is 5.06. The first-order valence-corrected chi connectivity index (χ1v) is 6.18. The lowest BCUT2D eigenvalue weighted by Gasteiger charge is -2.26. The van der Waals surface area contributed by atoms with E-state index in [0.717, 1.165) is 0 Å². The number of carboxylic acids is 1. The standard InChI is InChI=1S/C7H15N3O5S/c8-6(7(11)12)5-9-16(13,14)10-1-3-15-4-2-10/h6,9H,1-5,8H2,(H,11,12)/t6-/m0/s1. The highest BCUT2D eigenvalue weighted by Gasteiger charge is 2.25. The summed E-state index contributed by atoms with van der Waals surface area (Å²) >= 11 is 0. The van der Waals surface area contributed by atoms with Crippen molar-refractivity contribution in [2.24, 2.45) is 5.73 Å². The molecule has 1 atom stereocenters. The highest BCUT2D eigenvalue weighted by atomic mass is 32.2. The van der Waals surface area contributed by atoms with Gasteiger partial charge in [0, 0.05) is 19.6 Å². The number of nitrogens with one attached hydrogen (secondary N) is 1. The summed E-state index contributed by atoms with van der Waals surface area (Å²) in [5.41, 5.74) is 5.18. The van der Waals surface area contributed by atoms with Crippen molar-refractivity contribution in [1.29, 1.82) is 0 Å². The average Bonchev–Trinajstić information content (AvgIpc) is 2.27. The molecule has 1 fully saturated rings. The zero-order valence-corrected chi connectivity index (χ0v) is 9.44. The molecule has 1 saturated heterocycles. The van der Waals surface area contributed by atoms with Crippen LogP contribution < -0.4 is 10.5 Å². The van der Waals surface area contributed by atoms with Crippen LogP contribution in [0, 0.1) is 0 Å². The molecule has 0 bridgehead atoms. The Morgan fingerprint density at radius 3 is 2.56 bits per heavy atom. The number of carboxylic acid groups (broad SMARTS) is 1. The van der Waals surface area contributed by atoms with Crippen LogP contribution >= 0.6 is 0 Å². The number of hydrogen-bond acceptors (Lipinski definition) is 5. The summed E-state index contributed by atoms with van der Waals surface area (Å²) < 4.78 is 31.6. The molecule has 0 aromatic carbocycles. The number of carbonyl (C=O) groups is 1. The zero-order chi connectivity index (χ0) is 12.2. The van der Waals surface area contributed by atoms with Crippen LogP contribution in [0.2, 0.25) is 0 Å². The minimum absolute atomic E-state index is 0.262. The van der Waals surface area contributed by atoms with Crippen molar-refractivity contribution in [3.05, 3.63) is 0 Å². The Balaban J connectivity index is 2.47. The molecule has 8 nitrogen and oxygen atoms in total. The third-order valence-electron chi connectivity index (χ3n) is 2.11. The third kappa shape index (κ3) is 3.68. The van der Waals surface area contributed by atoms with Gasteiger partial charge in [-0.05, 0) is 0 Å². The van der Waals surface area contributed by atoms with Crippen LogP contribution in [0.25, 0.3) is 0 Å². The Morgan fingerprint density at radius 2 is 2.06 bits per heavy atom. The van der Waals surface area contributed by atoms with Crippen LogP contribution in [-0.2, 0) is 19.7 Å². The molecule has 1 aliphatic rings. The van der Waals surface area contributed by atoms with Gasteiger partial charge in [-0.2, -0.15) is 17.4 Å². The minimum Gasteiger partial charge on any atom is -0.480 e. The SMILES string of the molecule is N[C@@H](CNS(=O)(=O)N1CCOCC1)C(=O)O. The summed E-state index contributed by atoms with van der Waals surface area (Å²) in [5.74, 6) is -1.25. The average molecular weight is 253 g/mol. The van der Waals surface area contributed by atoms with Crippen molar-refractivity contribution in [3.8, 4) is 0 Å². The zero-order valence-electron chi connectivity index (χ0n) is 8.63. The van der Waals surface area contributed by atoms with Crippen LogP contribution in [0.5, 0.6) is 0 Å². The predicted molar refractivity (Wildman–Crippen MR) is 54.9 cm³/mol. The van der Waals surface area contributed by atoms with Crippen LogP contribution in [0.4, 0.5) is 0 Å². The second kappa shape index (κ2) is 5.55. The van der Waals surface area contributed by atoms with Crippen molar-refractivity contribution in [2.45, 2.75) is 6.04 Å². The fourth-order valence-electron chi connectivity index (χ4n) is 1.16. The number of morpholine rings is 1. The molecule has 0 amide bonds. The molecule has 0 aliphatic carbocycles. The number of aliphatic carboxylic acids is 1. The summed E-state index contributed by atoms with van der Waals surface area (Å²) in [7, 11) is -3.65. The van der Waals surface area contributed by atoms with Crippen molar-refractivity contribution in [3.63, 3.8) is 0 Å². The number of nitrogens with zero attached hydrogens (tertiary/aromatic N) is 1. The Bertz CT molecular complexity index is 338. The lowest BCUT2D eigenvalue weighted by atomic mass is 10.3. The summed E-state index contributed by atoms with van der Waals surface area (Å²) in [6.45, 7) is 0.877. The summed E-state index contributed by atoms with van der Waals surface area (Å²) in [6, 6.07) is -1.24. The van der Waals surface area contributed by atoms with Gasteiger partial charge in [0.1, 0.15) is 6.04 Å². The highest BCUT2D eigenvalue weighted by Crippen LogP contribution is 2.02. The lowest BCUT2D eigenvalue weighted by Crippen LogP contribution is -2.50. The molecule has 1 heterocycles. The van der Waals surface area contributed by atoms with E-state index in [2.05, 4.69) is 4.72 Å². The first-order valence-electron chi connectivity index (χ1n) is 4.74. The fourth-order valence-corrected chi connectivity index (χ4v) is 2.36. The van der Waals surface area contributed by atoms with E-state index >= 15 is 0 Å². The number of ether oxygens (including phenoxy) is 1. The molecule has 0 aromatic rings. The molecular formula is C7H15N3O5S. The maximum absolute atomic E-state index is 11.6. The molecule has 94 valence electrons. The monoisotopic (exact) mass is 253 g/mol. The van der Waals surface area contributed by atoms with E-state index in [1.807, 2.05) is 0 Å². The molecule has 9 heteroatoms. The molecule has 0 saturated carbocycles. The molecule has 0 radical (unpaired) electrons. The summed E-state index contributed by atoms with van der Waals surface area (Å²) in [6.07, 6.45) is 0. The molecule has 1 rings (SSSR count). The van der Waals surface area contributed by atoms with Crippen molar-refractivity contribution in [1.82, 2.24) is 9.03 Å². The van der Waals surface area contributed by atoms with Gasteiger partial charge in [0.15, 0.2) is 0 Å². The van der Waals surface area contributed by atoms with Crippen molar-refractivity contribution in [2.75, 3.05) is 32.8 Å². The predicted octanol–water partition coefficient (Wildman–Crippen LogP) is -2.44. The van der Waals surface area contributed by atoms with Gasteiger partial charge in [-0.15, -0.1) is 0 Å². The van der Waals surface area contributed by atoms with E-state index in [9.17, 15) is 13.2 Å². The Labute approximate surface area is 93.5 Å². The van der Waals surface area contributed by atoms with Crippen LogP contribution in [-0.4, -0.2) is 62.7 Å². The topological polar surface area (TPSA) is 122 Å². The smallest absolute Gasteiger partial charge is 0.321 e. The maximum Gasteiger partial charge on any atom is 0.321 e. The van der Waals surface area contributed by atoms with Crippen molar-refractivity contribution < 1.29 is 23.1 Å². The number of nitrogens with two attached hydrogens (primary N) is 1. The van der Waals surface area contributed by atoms with Gasteiger partial charge in [-0.1, -0.05) is 0 Å². The highest BCUT2D eigenvalue weighted by molar-refractivity contribution is 7.87. The van der Waals surface area contributed by atoms with Gasteiger partial charge in [0.05, 0.1) is 13.2 Å². The van der Waals surface area contributed by atoms with Crippen molar-refractivity contribution >= 4 is 16.2 Å². The first kappa shape index (κ1) is 13.3. The molecule has 0 unspecified atom stereocenters. The lowest BCUT2D eigenvalue weighted by molar-refractivity contribution is -0.138. The normalized spacial score (nSPS) is 20.6. The third-order valence-corrected chi connectivity index (χ3v) is 3.69. The van der Waals surface area contributed by atoms with Gasteiger partial charge >= 0.3 is 5.97 Å². The fraction of sp³-hybridized carbons (Fsp3) is 0.857. The van der Waals surface area contributed by atoms with Gasteiger partial charge < -0.3 is 15.6 Å². The van der Waals surface area contributed by atoms with E-state index in [-0.39, 0.29) is 19.6 Å². The van der Waals surface area contributed by atoms with Gasteiger partial charge in [-0.25, -0.2) is 0 Å². The van der Waals surface area contributed by atoms with E-state index in [1.165, 1.54) is 4.31 Å². The first-order chi connectivity index (χ1) is 7.43. The minimum atomic E-state index is -3.65.